The van der Waals surface area contributed by atoms with Crippen molar-refractivity contribution >= 4 is 45.7 Å². The highest BCUT2D eigenvalue weighted by atomic mass is 35.5. The SMILES string of the molecule is CC(C)N(Cc1ccc(Cl)c(Cl)c1)C(=O)c1n[nH]c2ccc([N+](=O)[O-])cc12. The molecule has 0 aliphatic rings. The first kappa shape index (κ1) is 19.1. The number of nitrogens with zero attached hydrogens (tertiary/aromatic N) is 3. The van der Waals surface area contributed by atoms with Crippen molar-refractivity contribution in [2.45, 2.75) is 26.4 Å². The summed E-state index contributed by atoms with van der Waals surface area (Å²) in [4.78, 5) is 25.3. The second kappa shape index (κ2) is 7.54. The molecule has 27 heavy (non-hydrogen) atoms. The van der Waals surface area contributed by atoms with Gasteiger partial charge in [0, 0.05) is 30.1 Å². The highest BCUT2D eigenvalue weighted by Crippen LogP contribution is 2.26. The van der Waals surface area contributed by atoms with Crippen LogP contribution in [-0.4, -0.2) is 32.0 Å². The summed E-state index contributed by atoms with van der Waals surface area (Å²) in [5.74, 6) is -0.331. The molecule has 7 nitrogen and oxygen atoms in total. The van der Waals surface area contributed by atoms with Crippen LogP contribution in [0, 0.1) is 10.1 Å². The molecule has 1 N–H and O–H groups in total. The number of halogens is 2. The molecule has 1 amide bonds. The Labute approximate surface area is 165 Å². The van der Waals surface area contributed by atoms with Crippen molar-refractivity contribution in [2.24, 2.45) is 0 Å². The Morgan fingerprint density at radius 1 is 1.22 bits per heavy atom. The Balaban J connectivity index is 1.97. The number of carbonyl (C=O) groups is 1. The summed E-state index contributed by atoms with van der Waals surface area (Å²) < 4.78 is 0. The number of H-pyrrole nitrogens is 1. The average molecular weight is 407 g/mol. The van der Waals surface area contributed by atoms with Gasteiger partial charge in [-0.25, -0.2) is 0 Å². The zero-order valence-electron chi connectivity index (χ0n) is 14.6. The van der Waals surface area contributed by atoms with Crippen molar-refractivity contribution in [3.8, 4) is 0 Å². The Kier molecular flexibility index (Phi) is 5.34. The highest BCUT2D eigenvalue weighted by molar-refractivity contribution is 6.42. The van der Waals surface area contributed by atoms with E-state index in [1.54, 1.807) is 23.1 Å². The molecule has 0 saturated heterocycles. The van der Waals surface area contributed by atoms with Crippen LogP contribution in [0.25, 0.3) is 10.9 Å². The predicted octanol–water partition coefficient (Wildman–Crippen LogP) is 4.83. The lowest BCUT2D eigenvalue weighted by Crippen LogP contribution is -2.36. The summed E-state index contributed by atoms with van der Waals surface area (Å²) >= 11 is 12.0. The van der Waals surface area contributed by atoms with E-state index in [-0.39, 0.29) is 23.3 Å². The molecule has 0 unspecified atom stereocenters. The Bertz CT molecular complexity index is 1030. The number of fused-ring (bicyclic) bond motifs is 1. The molecule has 0 spiro atoms. The van der Waals surface area contributed by atoms with Gasteiger partial charge in [-0.3, -0.25) is 20.0 Å². The van der Waals surface area contributed by atoms with Crippen LogP contribution < -0.4 is 0 Å². The third-order valence-electron chi connectivity index (χ3n) is 4.18. The maximum absolute atomic E-state index is 13.1. The van der Waals surface area contributed by atoms with Gasteiger partial charge in [0.2, 0.25) is 0 Å². The lowest BCUT2D eigenvalue weighted by molar-refractivity contribution is -0.384. The van der Waals surface area contributed by atoms with Crippen LogP contribution in [0.5, 0.6) is 0 Å². The number of hydrogen-bond acceptors (Lipinski definition) is 4. The molecule has 0 atom stereocenters. The minimum absolute atomic E-state index is 0.0986. The van der Waals surface area contributed by atoms with E-state index in [0.717, 1.165) is 5.56 Å². The summed E-state index contributed by atoms with van der Waals surface area (Å²) in [6, 6.07) is 9.31. The number of amides is 1. The predicted molar refractivity (Wildman–Crippen MR) is 104 cm³/mol. The topological polar surface area (TPSA) is 92.1 Å². The number of nitro benzene ring substituents is 1. The maximum atomic E-state index is 13.1. The van der Waals surface area contributed by atoms with E-state index in [1.165, 1.54) is 18.2 Å². The number of benzene rings is 2. The van der Waals surface area contributed by atoms with E-state index in [2.05, 4.69) is 10.2 Å². The third kappa shape index (κ3) is 3.89. The van der Waals surface area contributed by atoms with Gasteiger partial charge in [-0.05, 0) is 37.6 Å². The molecule has 2 aromatic carbocycles. The van der Waals surface area contributed by atoms with Crippen LogP contribution in [0.1, 0.15) is 29.9 Å². The van der Waals surface area contributed by atoms with Gasteiger partial charge in [0.05, 0.1) is 20.5 Å². The first-order chi connectivity index (χ1) is 12.8. The van der Waals surface area contributed by atoms with Crippen molar-refractivity contribution in [1.29, 1.82) is 0 Å². The smallest absolute Gasteiger partial charge is 0.275 e. The molecule has 3 rings (SSSR count). The fourth-order valence-corrected chi connectivity index (χ4v) is 3.06. The molecule has 9 heteroatoms. The first-order valence-corrected chi connectivity index (χ1v) is 8.91. The molecule has 140 valence electrons. The lowest BCUT2D eigenvalue weighted by Gasteiger charge is -2.26. The zero-order valence-corrected chi connectivity index (χ0v) is 16.1. The molecule has 3 aromatic rings. The van der Waals surface area contributed by atoms with Gasteiger partial charge < -0.3 is 4.90 Å². The van der Waals surface area contributed by atoms with E-state index in [9.17, 15) is 14.9 Å². The number of aromatic amines is 1. The van der Waals surface area contributed by atoms with Crippen molar-refractivity contribution < 1.29 is 9.72 Å². The zero-order chi connectivity index (χ0) is 19.7. The van der Waals surface area contributed by atoms with Crippen LogP contribution >= 0.6 is 23.2 Å². The number of hydrogen-bond donors (Lipinski definition) is 1. The van der Waals surface area contributed by atoms with Gasteiger partial charge in [0.1, 0.15) is 0 Å². The monoisotopic (exact) mass is 406 g/mol. The van der Waals surface area contributed by atoms with Gasteiger partial charge in [-0.2, -0.15) is 5.10 Å². The molecule has 0 saturated carbocycles. The molecule has 0 fully saturated rings. The number of aromatic nitrogens is 2. The number of nitro groups is 1. The van der Waals surface area contributed by atoms with E-state index in [4.69, 9.17) is 23.2 Å². The number of nitrogens with one attached hydrogen (secondary N) is 1. The number of carbonyl (C=O) groups excluding carboxylic acids is 1. The summed E-state index contributed by atoms with van der Waals surface area (Å²) in [6.45, 7) is 4.07. The van der Waals surface area contributed by atoms with Crippen LogP contribution in [0.4, 0.5) is 5.69 Å². The minimum atomic E-state index is -0.503. The molecule has 0 bridgehead atoms. The van der Waals surface area contributed by atoms with Gasteiger partial charge in [0.15, 0.2) is 5.69 Å². The molecule has 0 aliphatic carbocycles. The quantitative estimate of drug-likeness (QED) is 0.484. The lowest BCUT2D eigenvalue weighted by atomic mass is 10.1. The van der Waals surface area contributed by atoms with Gasteiger partial charge in [0.25, 0.3) is 11.6 Å². The molecule has 0 aliphatic heterocycles. The largest absolute Gasteiger partial charge is 0.330 e. The van der Waals surface area contributed by atoms with Gasteiger partial charge in [-0.15, -0.1) is 0 Å². The second-order valence-electron chi connectivity index (χ2n) is 6.33. The normalized spacial score (nSPS) is 11.1. The maximum Gasteiger partial charge on any atom is 0.275 e. The second-order valence-corrected chi connectivity index (χ2v) is 7.15. The fourth-order valence-electron chi connectivity index (χ4n) is 2.74. The number of rotatable bonds is 5. The molecular formula is C18H16Cl2N4O3. The van der Waals surface area contributed by atoms with E-state index < -0.39 is 4.92 Å². The highest BCUT2D eigenvalue weighted by Gasteiger charge is 2.24. The molecule has 1 heterocycles. The Morgan fingerprint density at radius 2 is 1.96 bits per heavy atom. The van der Waals surface area contributed by atoms with Gasteiger partial charge in [-0.1, -0.05) is 29.3 Å². The van der Waals surface area contributed by atoms with Crippen LogP contribution in [-0.2, 0) is 6.54 Å². The van der Waals surface area contributed by atoms with Crippen LogP contribution in [0.3, 0.4) is 0 Å². The fraction of sp³-hybridized carbons (Fsp3) is 0.222. The molecule has 1 aromatic heterocycles. The van der Waals surface area contributed by atoms with E-state index in [0.29, 0.717) is 27.5 Å². The minimum Gasteiger partial charge on any atom is -0.330 e. The summed E-state index contributed by atoms with van der Waals surface area (Å²) in [5, 5.41) is 19.1. The first-order valence-electron chi connectivity index (χ1n) is 8.15. The third-order valence-corrected chi connectivity index (χ3v) is 4.92. The summed E-state index contributed by atoms with van der Waals surface area (Å²) in [6.07, 6.45) is 0. The molecular weight excluding hydrogens is 391 g/mol. The van der Waals surface area contributed by atoms with Crippen molar-refractivity contribution in [3.63, 3.8) is 0 Å². The summed E-state index contributed by atoms with van der Waals surface area (Å²) in [7, 11) is 0. The molecule has 0 radical (unpaired) electrons. The standard InChI is InChI=1S/C18H16Cl2N4O3/c1-10(2)23(9-11-3-5-14(19)15(20)7-11)18(25)17-13-8-12(24(26)27)4-6-16(13)21-22-17/h3-8,10H,9H2,1-2H3,(H,21,22). The average Bonchev–Trinajstić information content (AvgIpc) is 3.04. The van der Waals surface area contributed by atoms with Gasteiger partial charge >= 0.3 is 0 Å². The van der Waals surface area contributed by atoms with Crippen LogP contribution in [0.2, 0.25) is 10.0 Å². The Morgan fingerprint density at radius 3 is 2.59 bits per heavy atom. The van der Waals surface area contributed by atoms with Crippen molar-refractivity contribution in [1.82, 2.24) is 15.1 Å². The Hall–Kier alpha value is -2.64. The van der Waals surface area contributed by atoms with Crippen molar-refractivity contribution in [2.75, 3.05) is 0 Å². The number of non-ortho nitro benzene ring substituents is 1. The van der Waals surface area contributed by atoms with E-state index in [1.807, 2.05) is 13.8 Å². The van der Waals surface area contributed by atoms with E-state index >= 15 is 0 Å². The van der Waals surface area contributed by atoms with Crippen LogP contribution in [0.15, 0.2) is 36.4 Å². The van der Waals surface area contributed by atoms with Crippen molar-refractivity contribution in [3.05, 3.63) is 67.8 Å². The summed E-state index contributed by atoms with van der Waals surface area (Å²) in [5.41, 5.74) is 1.42.